The van der Waals surface area contributed by atoms with Gasteiger partial charge in [0.05, 0.1) is 11.4 Å². The van der Waals surface area contributed by atoms with Gasteiger partial charge in [0, 0.05) is 49.1 Å². The third kappa shape index (κ3) is 4.72. The second-order valence-electron chi connectivity index (χ2n) is 9.78. The summed E-state index contributed by atoms with van der Waals surface area (Å²) in [6, 6.07) is 22.8. The first kappa shape index (κ1) is 25.3. The number of hydrogen-bond acceptors (Lipinski definition) is 6. The second kappa shape index (κ2) is 10.7. The largest absolute Gasteiger partial charge is 0.339 e. The first-order valence-electron chi connectivity index (χ1n) is 13.0. The summed E-state index contributed by atoms with van der Waals surface area (Å²) in [5, 5.41) is 0. The van der Waals surface area contributed by atoms with E-state index in [4.69, 9.17) is 0 Å². The molecule has 196 valence electrons. The molecule has 0 saturated carbocycles. The van der Waals surface area contributed by atoms with Crippen LogP contribution in [0.25, 0.3) is 11.1 Å². The minimum absolute atomic E-state index is 0.223. The van der Waals surface area contributed by atoms with Gasteiger partial charge in [-0.3, -0.25) is 9.78 Å². The highest BCUT2D eigenvalue weighted by Crippen LogP contribution is 2.41. The van der Waals surface area contributed by atoms with Gasteiger partial charge in [-0.05, 0) is 70.2 Å². The molecule has 4 aromatic rings. The molecule has 6 rings (SSSR count). The molecule has 9 heteroatoms. The quantitative estimate of drug-likeness (QED) is 0.285. The fraction of sp³-hybridized carbons (Fsp3) is 0.233. The van der Waals surface area contributed by atoms with E-state index in [0.29, 0.717) is 31.6 Å². The van der Waals surface area contributed by atoms with Crippen molar-refractivity contribution < 1.29 is 9.59 Å². The highest BCUT2D eigenvalue weighted by atomic mass is 79.9. The van der Waals surface area contributed by atoms with E-state index >= 15 is 0 Å². The van der Waals surface area contributed by atoms with Crippen molar-refractivity contribution in [2.45, 2.75) is 24.8 Å². The van der Waals surface area contributed by atoms with Crippen molar-refractivity contribution in [2.24, 2.45) is 0 Å². The number of carbonyl (C=O) groups is 2. The number of aromatic nitrogens is 3. The van der Waals surface area contributed by atoms with Crippen LogP contribution in [0.4, 0.5) is 16.4 Å². The van der Waals surface area contributed by atoms with Gasteiger partial charge in [0.2, 0.25) is 5.95 Å². The number of halogens is 1. The lowest BCUT2D eigenvalue weighted by Gasteiger charge is -2.41. The van der Waals surface area contributed by atoms with Gasteiger partial charge < -0.3 is 4.90 Å². The Hall–Kier alpha value is -3.95. The lowest BCUT2D eigenvalue weighted by atomic mass is 9.85. The molecule has 2 aromatic carbocycles. The Bertz CT molecular complexity index is 1470. The molecule has 0 atom stereocenters. The summed E-state index contributed by atoms with van der Waals surface area (Å²) >= 11 is 3.58. The van der Waals surface area contributed by atoms with Crippen LogP contribution in [0.3, 0.4) is 0 Å². The van der Waals surface area contributed by atoms with Crippen molar-refractivity contribution in [2.75, 3.05) is 29.4 Å². The lowest BCUT2D eigenvalue weighted by Crippen LogP contribution is -2.57. The van der Waals surface area contributed by atoms with E-state index in [2.05, 4.69) is 35.8 Å². The first-order valence-corrected chi connectivity index (χ1v) is 13.8. The average molecular weight is 583 g/mol. The van der Waals surface area contributed by atoms with Crippen LogP contribution in [0.1, 0.15) is 18.5 Å². The van der Waals surface area contributed by atoms with Crippen LogP contribution in [0, 0.1) is 0 Å². The zero-order valence-corrected chi connectivity index (χ0v) is 22.9. The number of urea groups is 1. The number of pyridine rings is 1. The van der Waals surface area contributed by atoms with Crippen molar-refractivity contribution >= 4 is 39.5 Å². The van der Waals surface area contributed by atoms with E-state index < -0.39 is 11.6 Å². The highest BCUT2D eigenvalue weighted by molar-refractivity contribution is 9.10. The molecule has 0 unspecified atom stereocenters. The van der Waals surface area contributed by atoms with Crippen molar-refractivity contribution in [3.8, 4) is 11.1 Å². The molecular formula is C30H27BrN6O2. The van der Waals surface area contributed by atoms with Gasteiger partial charge in [-0.25, -0.2) is 24.6 Å². The molecule has 8 nitrogen and oxygen atoms in total. The third-order valence-electron chi connectivity index (χ3n) is 7.58. The molecule has 1 spiro atoms. The smallest absolute Gasteiger partial charge is 0.303 e. The number of piperidine rings is 1. The molecule has 2 saturated heterocycles. The molecule has 39 heavy (non-hydrogen) atoms. The Balaban J connectivity index is 1.26. The summed E-state index contributed by atoms with van der Waals surface area (Å²) in [4.78, 5) is 46.4. The van der Waals surface area contributed by atoms with Gasteiger partial charge in [0.15, 0.2) is 0 Å². The molecule has 0 N–H and O–H groups in total. The summed E-state index contributed by atoms with van der Waals surface area (Å²) < 4.78 is 0.997. The minimum Gasteiger partial charge on any atom is -0.303 e. The third-order valence-corrected chi connectivity index (χ3v) is 8.30. The van der Waals surface area contributed by atoms with Crippen molar-refractivity contribution in [1.29, 1.82) is 0 Å². The maximum absolute atomic E-state index is 14.1. The predicted molar refractivity (Wildman–Crippen MR) is 153 cm³/mol. The summed E-state index contributed by atoms with van der Waals surface area (Å²) in [5.74, 6) is 0.0321. The zero-order chi connectivity index (χ0) is 26.8. The normalized spacial score (nSPS) is 17.3. The van der Waals surface area contributed by atoms with Crippen LogP contribution in [0.2, 0.25) is 0 Å². The van der Waals surface area contributed by atoms with E-state index in [9.17, 15) is 9.59 Å². The number of anilines is 2. The van der Waals surface area contributed by atoms with Crippen LogP contribution in [-0.4, -0.2) is 57.0 Å². The summed E-state index contributed by atoms with van der Waals surface area (Å²) in [6.45, 7) is 2.17. The Morgan fingerprint density at radius 2 is 1.44 bits per heavy atom. The standard InChI is InChI=1S/C30H27BrN6O2/c31-25-8-4-16-32-26(25)13-19-35-20-14-30(15-21-35)27(38)36(29(39)37(30)28-33-17-5-18-34-28)24-11-9-23(10-12-24)22-6-2-1-3-7-22/h1-12,16-18H,13-15,19-21H2. The minimum atomic E-state index is -1.03. The Morgan fingerprint density at radius 1 is 0.769 bits per heavy atom. The number of nitrogens with zero attached hydrogens (tertiary/aromatic N) is 6. The van der Waals surface area contributed by atoms with Gasteiger partial charge in [-0.1, -0.05) is 42.5 Å². The Morgan fingerprint density at radius 3 is 2.13 bits per heavy atom. The van der Waals surface area contributed by atoms with E-state index in [1.807, 2.05) is 66.7 Å². The topological polar surface area (TPSA) is 82.5 Å². The molecule has 0 aliphatic carbocycles. The molecular weight excluding hydrogens is 556 g/mol. The molecule has 2 fully saturated rings. The molecule has 4 heterocycles. The van der Waals surface area contributed by atoms with E-state index in [0.717, 1.165) is 34.3 Å². The van der Waals surface area contributed by atoms with Crippen LogP contribution >= 0.6 is 15.9 Å². The van der Waals surface area contributed by atoms with E-state index in [-0.39, 0.29) is 11.9 Å². The fourth-order valence-electron chi connectivity index (χ4n) is 5.47. The van der Waals surface area contributed by atoms with Gasteiger partial charge in [0.25, 0.3) is 5.91 Å². The first-order chi connectivity index (χ1) is 19.1. The molecule has 2 aliphatic rings. The summed E-state index contributed by atoms with van der Waals surface area (Å²) in [7, 11) is 0. The number of amides is 3. The Labute approximate surface area is 235 Å². The SMILES string of the molecule is O=C1N(c2ccc(-c3ccccc3)cc2)C(=O)C2(CCN(CCc3ncccc3Br)CC2)N1c1ncccn1. The summed E-state index contributed by atoms with van der Waals surface area (Å²) in [6.07, 6.45) is 6.80. The molecule has 3 amide bonds. The van der Waals surface area contributed by atoms with Crippen molar-refractivity contribution in [3.63, 3.8) is 0 Å². The predicted octanol–water partition coefficient (Wildman–Crippen LogP) is 5.35. The van der Waals surface area contributed by atoms with Crippen LogP contribution in [0.15, 0.2) is 95.9 Å². The Kier molecular flexibility index (Phi) is 6.93. The van der Waals surface area contributed by atoms with Crippen LogP contribution in [-0.2, 0) is 11.2 Å². The van der Waals surface area contributed by atoms with Crippen LogP contribution < -0.4 is 9.80 Å². The maximum Gasteiger partial charge on any atom is 0.339 e. The maximum atomic E-state index is 14.1. The van der Waals surface area contributed by atoms with Crippen LogP contribution in [0.5, 0.6) is 0 Å². The van der Waals surface area contributed by atoms with Crippen molar-refractivity contribution in [3.05, 3.63) is 102 Å². The fourth-order valence-corrected chi connectivity index (χ4v) is 5.92. The van der Waals surface area contributed by atoms with Gasteiger partial charge in [0.1, 0.15) is 5.54 Å². The van der Waals surface area contributed by atoms with Gasteiger partial charge in [-0.2, -0.15) is 0 Å². The lowest BCUT2D eigenvalue weighted by molar-refractivity contribution is -0.123. The molecule has 0 bridgehead atoms. The van der Waals surface area contributed by atoms with E-state index in [1.165, 1.54) is 9.80 Å². The van der Waals surface area contributed by atoms with E-state index in [1.54, 1.807) is 24.7 Å². The number of carbonyl (C=O) groups excluding carboxylic acids is 2. The number of hydrogen-bond donors (Lipinski definition) is 0. The second-order valence-corrected chi connectivity index (χ2v) is 10.6. The molecule has 2 aliphatic heterocycles. The number of rotatable bonds is 6. The zero-order valence-electron chi connectivity index (χ0n) is 21.3. The number of benzene rings is 2. The van der Waals surface area contributed by atoms with Crippen molar-refractivity contribution in [1.82, 2.24) is 19.9 Å². The van der Waals surface area contributed by atoms with Gasteiger partial charge in [-0.15, -0.1) is 0 Å². The summed E-state index contributed by atoms with van der Waals surface area (Å²) in [5.41, 5.74) is 2.62. The monoisotopic (exact) mass is 582 g/mol. The van der Waals surface area contributed by atoms with Gasteiger partial charge >= 0.3 is 6.03 Å². The average Bonchev–Trinajstić information content (AvgIpc) is 3.19. The highest BCUT2D eigenvalue weighted by Gasteiger charge is 2.60. The number of imide groups is 1. The molecule has 2 aromatic heterocycles. The molecule has 0 radical (unpaired) electrons. The number of likely N-dealkylation sites (tertiary alicyclic amines) is 1.